The Labute approximate surface area is 191 Å². The van der Waals surface area contributed by atoms with Crippen molar-refractivity contribution in [3.8, 4) is 11.1 Å². The number of carbonyl (C=O) groups is 2. The SMILES string of the molecule is CCOC(=O)[C@@H]1CCCN(C(=O)C2CCN(Cc3ccc(-c4ccccc4)cc3)CC2)C1. The first-order valence-corrected chi connectivity index (χ1v) is 12.0. The van der Waals surface area contributed by atoms with Crippen molar-refractivity contribution in [2.75, 3.05) is 32.8 Å². The van der Waals surface area contributed by atoms with Crippen molar-refractivity contribution in [3.05, 3.63) is 60.2 Å². The number of hydrogen-bond acceptors (Lipinski definition) is 4. The topological polar surface area (TPSA) is 49.9 Å². The van der Waals surface area contributed by atoms with Gasteiger partial charge in [0.05, 0.1) is 12.5 Å². The zero-order valence-corrected chi connectivity index (χ0v) is 19.0. The van der Waals surface area contributed by atoms with Gasteiger partial charge in [0, 0.05) is 25.6 Å². The van der Waals surface area contributed by atoms with E-state index in [0.717, 1.165) is 51.9 Å². The van der Waals surface area contributed by atoms with Crippen LogP contribution in [0.25, 0.3) is 11.1 Å². The van der Waals surface area contributed by atoms with E-state index in [-0.39, 0.29) is 23.7 Å². The molecule has 0 spiro atoms. The van der Waals surface area contributed by atoms with Crippen LogP contribution in [0.5, 0.6) is 0 Å². The summed E-state index contributed by atoms with van der Waals surface area (Å²) >= 11 is 0. The van der Waals surface area contributed by atoms with Crippen molar-refractivity contribution in [3.63, 3.8) is 0 Å². The Hall–Kier alpha value is -2.66. The maximum Gasteiger partial charge on any atom is 0.310 e. The normalized spacial score (nSPS) is 20.2. The van der Waals surface area contributed by atoms with E-state index in [2.05, 4.69) is 53.4 Å². The summed E-state index contributed by atoms with van der Waals surface area (Å²) in [6, 6.07) is 19.2. The molecular weight excluding hydrogens is 400 g/mol. The lowest BCUT2D eigenvalue weighted by Crippen LogP contribution is -2.47. The van der Waals surface area contributed by atoms with Crippen LogP contribution < -0.4 is 0 Å². The summed E-state index contributed by atoms with van der Waals surface area (Å²) in [6.45, 7) is 6.31. The van der Waals surface area contributed by atoms with Crippen molar-refractivity contribution in [1.82, 2.24) is 9.80 Å². The first-order chi connectivity index (χ1) is 15.6. The van der Waals surface area contributed by atoms with Gasteiger partial charge in [-0.15, -0.1) is 0 Å². The first-order valence-electron chi connectivity index (χ1n) is 12.0. The Morgan fingerprint density at radius 2 is 1.56 bits per heavy atom. The van der Waals surface area contributed by atoms with E-state index in [4.69, 9.17) is 4.74 Å². The van der Waals surface area contributed by atoms with Gasteiger partial charge in [-0.2, -0.15) is 0 Å². The summed E-state index contributed by atoms with van der Waals surface area (Å²) in [5.74, 6) is -0.0109. The second-order valence-corrected chi connectivity index (χ2v) is 8.99. The number of rotatable bonds is 6. The quantitative estimate of drug-likeness (QED) is 0.634. The molecule has 2 saturated heterocycles. The van der Waals surface area contributed by atoms with Crippen LogP contribution in [0.15, 0.2) is 54.6 Å². The fourth-order valence-electron chi connectivity index (χ4n) is 4.92. The minimum atomic E-state index is -0.161. The second kappa shape index (κ2) is 10.8. The molecule has 2 heterocycles. The van der Waals surface area contributed by atoms with Crippen LogP contribution in [0.4, 0.5) is 0 Å². The van der Waals surface area contributed by atoms with E-state index >= 15 is 0 Å². The highest BCUT2D eigenvalue weighted by molar-refractivity contribution is 5.80. The minimum absolute atomic E-state index is 0.0765. The molecule has 0 aliphatic carbocycles. The highest BCUT2D eigenvalue weighted by Gasteiger charge is 2.33. The average Bonchev–Trinajstić information content (AvgIpc) is 2.85. The lowest BCUT2D eigenvalue weighted by molar-refractivity contribution is -0.152. The number of piperidine rings is 2. The van der Waals surface area contributed by atoms with Gasteiger partial charge in [-0.05, 0) is 62.4 Å². The Morgan fingerprint density at radius 3 is 2.25 bits per heavy atom. The molecule has 5 heteroatoms. The molecule has 170 valence electrons. The molecule has 32 heavy (non-hydrogen) atoms. The van der Waals surface area contributed by atoms with E-state index in [1.54, 1.807) is 0 Å². The summed E-state index contributed by atoms with van der Waals surface area (Å²) < 4.78 is 5.17. The van der Waals surface area contributed by atoms with Gasteiger partial charge in [0.1, 0.15) is 0 Å². The highest BCUT2D eigenvalue weighted by Crippen LogP contribution is 2.26. The maximum absolute atomic E-state index is 13.1. The summed E-state index contributed by atoms with van der Waals surface area (Å²) in [5.41, 5.74) is 3.78. The van der Waals surface area contributed by atoms with Gasteiger partial charge in [0.25, 0.3) is 0 Å². The van der Waals surface area contributed by atoms with Gasteiger partial charge in [-0.1, -0.05) is 54.6 Å². The zero-order valence-electron chi connectivity index (χ0n) is 19.0. The molecular formula is C27H34N2O3. The summed E-state index contributed by atoms with van der Waals surface area (Å²) in [4.78, 5) is 29.5. The van der Waals surface area contributed by atoms with Crippen LogP contribution >= 0.6 is 0 Å². The van der Waals surface area contributed by atoms with Crippen LogP contribution in [0.1, 0.15) is 38.2 Å². The average molecular weight is 435 g/mol. The maximum atomic E-state index is 13.1. The molecule has 0 aromatic heterocycles. The molecule has 0 bridgehead atoms. The van der Waals surface area contributed by atoms with Crippen molar-refractivity contribution in [1.29, 1.82) is 0 Å². The van der Waals surface area contributed by atoms with Gasteiger partial charge in [0.15, 0.2) is 0 Å². The Kier molecular flexibility index (Phi) is 7.59. The molecule has 2 aromatic carbocycles. The van der Waals surface area contributed by atoms with Gasteiger partial charge in [0.2, 0.25) is 5.91 Å². The van der Waals surface area contributed by atoms with Gasteiger partial charge < -0.3 is 9.64 Å². The van der Waals surface area contributed by atoms with Gasteiger partial charge >= 0.3 is 5.97 Å². The number of carbonyl (C=O) groups excluding carboxylic acids is 2. The lowest BCUT2D eigenvalue weighted by Gasteiger charge is -2.37. The number of likely N-dealkylation sites (tertiary alicyclic amines) is 2. The lowest BCUT2D eigenvalue weighted by atomic mass is 9.92. The number of benzene rings is 2. The predicted octanol–water partition coefficient (Wildman–Crippen LogP) is 4.37. The van der Waals surface area contributed by atoms with E-state index in [0.29, 0.717) is 13.2 Å². The number of amides is 1. The molecule has 0 saturated carbocycles. The van der Waals surface area contributed by atoms with Crippen molar-refractivity contribution in [2.45, 2.75) is 39.2 Å². The van der Waals surface area contributed by atoms with Crippen molar-refractivity contribution in [2.24, 2.45) is 11.8 Å². The molecule has 0 N–H and O–H groups in total. The molecule has 2 aromatic rings. The molecule has 2 aliphatic rings. The number of esters is 1. The molecule has 5 nitrogen and oxygen atoms in total. The summed E-state index contributed by atoms with van der Waals surface area (Å²) in [5, 5.41) is 0. The predicted molar refractivity (Wildman–Crippen MR) is 126 cm³/mol. The number of hydrogen-bond donors (Lipinski definition) is 0. The molecule has 0 unspecified atom stereocenters. The van der Waals surface area contributed by atoms with E-state index in [1.807, 2.05) is 17.9 Å². The van der Waals surface area contributed by atoms with Crippen LogP contribution in [0.2, 0.25) is 0 Å². The highest BCUT2D eigenvalue weighted by atomic mass is 16.5. The van der Waals surface area contributed by atoms with Crippen molar-refractivity contribution < 1.29 is 14.3 Å². The fraction of sp³-hybridized carbons (Fsp3) is 0.481. The third-order valence-corrected chi connectivity index (χ3v) is 6.76. The Balaban J connectivity index is 1.26. The van der Waals surface area contributed by atoms with E-state index < -0.39 is 0 Å². The van der Waals surface area contributed by atoms with Gasteiger partial charge in [-0.25, -0.2) is 0 Å². The van der Waals surface area contributed by atoms with Crippen LogP contribution in [0, 0.1) is 11.8 Å². The standard InChI is InChI=1S/C27H34N2O3/c1-2-32-27(31)25-9-6-16-29(20-25)26(30)24-14-17-28(18-15-24)19-21-10-12-23(13-11-21)22-7-4-3-5-8-22/h3-5,7-8,10-13,24-25H,2,6,9,14-20H2,1H3/t25-/m1/s1. The van der Waals surface area contributed by atoms with E-state index in [9.17, 15) is 9.59 Å². The monoisotopic (exact) mass is 434 g/mol. The Morgan fingerprint density at radius 1 is 0.875 bits per heavy atom. The molecule has 0 radical (unpaired) electrons. The summed E-state index contributed by atoms with van der Waals surface area (Å²) in [6.07, 6.45) is 3.49. The van der Waals surface area contributed by atoms with Crippen LogP contribution in [-0.4, -0.2) is 54.5 Å². The molecule has 2 fully saturated rings. The fourth-order valence-corrected chi connectivity index (χ4v) is 4.92. The van der Waals surface area contributed by atoms with Crippen LogP contribution in [0.3, 0.4) is 0 Å². The Bertz CT molecular complexity index is 889. The van der Waals surface area contributed by atoms with Crippen LogP contribution in [-0.2, 0) is 20.9 Å². The molecule has 4 rings (SSSR count). The number of nitrogens with zero attached hydrogens (tertiary/aromatic N) is 2. The summed E-state index contributed by atoms with van der Waals surface area (Å²) in [7, 11) is 0. The second-order valence-electron chi connectivity index (χ2n) is 8.99. The number of ether oxygens (including phenoxy) is 1. The third-order valence-electron chi connectivity index (χ3n) is 6.76. The molecule has 1 atom stereocenters. The molecule has 2 aliphatic heterocycles. The van der Waals surface area contributed by atoms with E-state index in [1.165, 1.54) is 16.7 Å². The first kappa shape index (κ1) is 22.5. The van der Waals surface area contributed by atoms with Crippen molar-refractivity contribution >= 4 is 11.9 Å². The largest absolute Gasteiger partial charge is 0.466 e. The minimum Gasteiger partial charge on any atom is -0.466 e. The zero-order chi connectivity index (χ0) is 22.3. The third kappa shape index (κ3) is 5.57. The van der Waals surface area contributed by atoms with Gasteiger partial charge in [-0.3, -0.25) is 14.5 Å². The smallest absolute Gasteiger partial charge is 0.310 e. The molecule has 1 amide bonds.